The number of thioether (sulfide) groups is 1. The minimum absolute atomic E-state index is 0.127. The molecule has 2 heterocycles. The lowest BCUT2D eigenvalue weighted by atomic mass is 10.2. The van der Waals surface area contributed by atoms with Crippen LogP contribution in [0, 0.1) is 0 Å². The summed E-state index contributed by atoms with van der Waals surface area (Å²) in [7, 11) is 1.60. The Morgan fingerprint density at radius 2 is 2.00 bits per heavy atom. The van der Waals surface area contributed by atoms with Gasteiger partial charge in [-0.2, -0.15) is 0 Å². The number of nitrogens with zero attached hydrogens (tertiary/aromatic N) is 5. The van der Waals surface area contributed by atoms with Crippen molar-refractivity contribution in [3.63, 3.8) is 0 Å². The second-order valence-corrected chi connectivity index (χ2v) is 5.22. The van der Waals surface area contributed by atoms with Gasteiger partial charge in [-0.25, -0.2) is 4.68 Å². The van der Waals surface area contributed by atoms with E-state index in [4.69, 9.17) is 9.15 Å². The van der Waals surface area contributed by atoms with Gasteiger partial charge in [-0.3, -0.25) is 10.2 Å². The van der Waals surface area contributed by atoms with E-state index in [1.165, 1.54) is 17.3 Å². The summed E-state index contributed by atoms with van der Waals surface area (Å²) < 4.78 is 12.0. The molecule has 1 amide bonds. The Balaban J connectivity index is 1.57. The number of carbonyl (C=O) groups excluding carboxylic acids is 1. The molecule has 10 heteroatoms. The van der Waals surface area contributed by atoms with Gasteiger partial charge in [0.15, 0.2) is 0 Å². The zero-order valence-corrected chi connectivity index (χ0v) is 12.9. The fraction of sp³-hybridized carbons (Fsp3) is 0.154. The van der Waals surface area contributed by atoms with Crippen molar-refractivity contribution < 1.29 is 13.9 Å². The molecule has 118 valence electrons. The number of nitrogens with one attached hydrogen (secondary N) is 1. The van der Waals surface area contributed by atoms with Crippen LogP contribution in [0.2, 0.25) is 0 Å². The van der Waals surface area contributed by atoms with Crippen molar-refractivity contribution in [1.82, 2.24) is 25.1 Å². The Labute approximate surface area is 135 Å². The molecule has 0 atom stereocenters. The van der Waals surface area contributed by atoms with Crippen molar-refractivity contribution in [2.45, 2.75) is 5.22 Å². The maximum absolute atomic E-state index is 11.7. The van der Waals surface area contributed by atoms with E-state index < -0.39 is 0 Å². The zero-order chi connectivity index (χ0) is 16.1. The van der Waals surface area contributed by atoms with Crippen LogP contribution >= 0.6 is 11.8 Å². The van der Waals surface area contributed by atoms with Crippen molar-refractivity contribution in [3.05, 3.63) is 36.9 Å². The van der Waals surface area contributed by atoms with Gasteiger partial charge in [0.2, 0.25) is 11.8 Å². The average Bonchev–Trinajstić information content (AvgIpc) is 3.25. The minimum atomic E-state index is -0.237. The molecular weight excluding hydrogens is 320 g/mol. The van der Waals surface area contributed by atoms with E-state index in [9.17, 15) is 4.79 Å². The molecule has 0 aliphatic heterocycles. The van der Waals surface area contributed by atoms with E-state index in [2.05, 4.69) is 25.8 Å². The first-order valence-electron chi connectivity index (χ1n) is 6.50. The first-order valence-corrected chi connectivity index (χ1v) is 7.48. The first kappa shape index (κ1) is 15.0. The van der Waals surface area contributed by atoms with Gasteiger partial charge in [0.25, 0.3) is 5.22 Å². The number of rotatable bonds is 6. The standard InChI is InChI=1S/C13H12N6O3S/c1-21-10-4-2-9(3-5-10)12-16-17-13(22-12)23-6-11(20)18-19-7-14-15-8-19/h2-5,7-8H,6H2,1H3,(H,18,20). The number of hydrogen-bond acceptors (Lipinski definition) is 8. The normalized spacial score (nSPS) is 10.5. The van der Waals surface area contributed by atoms with E-state index in [1.807, 2.05) is 12.1 Å². The SMILES string of the molecule is COc1ccc(-c2nnc(SCC(=O)Nn3cnnc3)o2)cc1. The summed E-state index contributed by atoms with van der Waals surface area (Å²) >= 11 is 1.14. The molecule has 0 bridgehead atoms. The summed E-state index contributed by atoms with van der Waals surface area (Å²) in [6, 6.07) is 7.25. The quantitative estimate of drug-likeness (QED) is 0.671. The summed E-state index contributed by atoms with van der Waals surface area (Å²) in [6.07, 6.45) is 2.77. The van der Waals surface area contributed by atoms with Crippen LogP contribution in [0.5, 0.6) is 5.75 Å². The molecule has 0 aliphatic rings. The Morgan fingerprint density at radius 3 is 2.70 bits per heavy atom. The van der Waals surface area contributed by atoms with E-state index in [-0.39, 0.29) is 11.7 Å². The van der Waals surface area contributed by atoms with E-state index in [1.54, 1.807) is 19.2 Å². The molecule has 1 N–H and O–H groups in total. The summed E-state index contributed by atoms with van der Waals surface area (Å²) in [5, 5.41) is 15.4. The number of carbonyl (C=O) groups is 1. The third-order valence-electron chi connectivity index (χ3n) is 2.74. The first-order chi connectivity index (χ1) is 11.2. The molecule has 9 nitrogen and oxygen atoms in total. The predicted molar refractivity (Wildman–Crippen MR) is 81.4 cm³/mol. The molecule has 0 fully saturated rings. The van der Waals surface area contributed by atoms with Crippen molar-refractivity contribution in [2.75, 3.05) is 18.3 Å². The lowest BCUT2D eigenvalue weighted by Crippen LogP contribution is -2.23. The zero-order valence-electron chi connectivity index (χ0n) is 12.0. The monoisotopic (exact) mass is 332 g/mol. The van der Waals surface area contributed by atoms with Crippen LogP contribution in [-0.4, -0.2) is 43.8 Å². The highest BCUT2D eigenvalue weighted by Gasteiger charge is 2.11. The number of methoxy groups -OCH3 is 1. The van der Waals surface area contributed by atoms with Crippen LogP contribution in [0.25, 0.3) is 11.5 Å². The van der Waals surface area contributed by atoms with Crippen molar-refractivity contribution >= 4 is 17.7 Å². The maximum Gasteiger partial charge on any atom is 0.277 e. The molecule has 23 heavy (non-hydrogen) atoms. The molecule has 0 unspecified atom stereocenters. The number of aromatic nitrogens is 5. The van der Waals surface area contributed by atoms with Crippen molar-refractivity contribution in [1.29, 1.82) is 0 Å². The molecule has 0 saturated carbocycles. The second kappa shape index (κ2) is 6.92. The third-order valence-corrected chi connectivity index (χ3v) is 3.56. The molecule has 0 aliphatic carbocycles. The second-order valence-electron chi connectivity index (χ2n) is 4.29. The molecule has 0 spiro atoms. The molecule has 0 saturated heterocycles. The van der Waals surface area contributed by atoms with Gasteiger partial charge in [0, 0.05) is 5.56 Å². The van der Waals surface area contributed by atoms with Crippen LogP contribution in [0.1, 0.15) is 0 Å². The van der Waals surface area contributed by atoms with Crippen LogP contribution in [0.3, 0.4) is 0 Å². The molecular formula is C13H12N6O3S. The van der Waals surface area contributed by atoms with Gasteiger partial charge >= 0.3 is 0 Å². The highest BCUT2D eigenvalue weighted by atomic mass is 32.2. The fourth-order valence-corrected chi connectivity index (χ4v) is 2.24. The van der Waals surface area contributed by atoms with Crippen molar-refractivity contribution in [3.8, 4) is 17.2 Å². The van der Waals surface area contributed by atoms with Crippen LogP contribution in [0.4, 0.5) is 0 Å². The van der Waals surface area contributed by atoms with Gasteiger partial charge in [0.1, 0.15) is 18.4 Å². The third kappa shape index (κ3) is 3.86. The maximum atomic E-state index is 11.7. The van der Waals surface area contributed by atoms with Gasteiger partial charge in [-0.1, -0.05) is 11.8 Å². The van der Waals surface area contributed by atoms with Crippen LogP contribution < -0.4 is 10.2 Å². The molecule has 0 radical (unpaired) electrons. The molecule has 2 aromatic heterocycles. The Hall–Kier alpha value is -2.88. The lowest BCUT2D eigenvalue weighted by molar-refractivity contribution is -0.114. The number of benzene rings is 1. The largest absolute Gasteiger partial charge is 0.497 e. The Bertz CT molecular complexity index is 771. The average molecular weight is 332 g/mol. The van der Waals surface area contributed by atoms with Gasteiger partial charge in [-0.15, -0.1) is 20.4 Å². The van der Waals surface area contributed by atoms with E-state index in [0.717, 1.165) is 23.1 Å². The summed E-state index contributed by atoms with van der Waals surface area (Å²) in [6.45, 7) is 0. The molecule has 3 aromatic rings. The van der Waals surface area contributed by atoms with Crippen molar-refractivity contribution in [2.24, 2.45) is 0 Å². The highest BCUT2D eigenvalue weighted by Crippen LogP contribution is 2.24. The van der Waals surface area contributed by atoms with E-state index in [0.29, 0.717) is 11.1 Å². The lowest BCUT2D eigenvalue weighted by Gasteiger charge is -2.02. The molecule has 1 aromatic carbocycles. The van der Waals surface area contributed by atoms with Gasteiger partial charge in [0.05, 0.1) is 12.9 Å². The topological polar surface area (TPSA) is 108 Å². The van der Waals surface area contributed by atoms with Crippen LogP contribution in [-0.2, 0) is 4.79 Å². The fourth-order valence-electron chi connectivity index (χ4n) is 1.68. The summed E-state index contributed by atoms with van der Waals surface area (Å²) in [5.74, 6) is 1.02. The number of hydrogen-bond donors (Lipinski definition) is 1. The predicted octanol–water partition coefficient (Wildman–Crippen LogP) is 1.20. The summed E-state index contributed by atoms with van der Waals surface area (Å²) in [5.41, 5.74) is 3.35. The van der Waals surface area contributed by atoms with Crippen LogP contribution in [0.15, 0.2) is 46.6 Å². The van der Waals surface area contributed by atoms with Gasteiger partial charge < -0.3 is 9.15 Å². The highest BCUT2D eigenvalue weighted by molar-refractivity contribution is 7.99. The number of ether oxygens (including phenoxy) is 1. The smallest absolute Gasteiger partial charge is 0.277 e. The van der Waals surface area contributed by atoms with Gasteiger partial charge in [-0.05, 0) is 24.3 Å². The molecule has 3 rings (SSSR count). The van der Waals surface area contributed by atoms with E-state index >= 15 is 0 Å². The minimum Gasteiger partial charge on any atom is -0.497 e. The summed E-state index contributed by atoms with van der Waals surface area (Å²) in [4.78, 5) is 11.7. The Kier molecular flexibility index (Phi) is 4.52. The Morgan fingerprint density at radius 1 is 1.26 bits per heavy atom. The number of amides is 1.